The molecule has 10 heteroatoms. The van der Waals surface area contributed by atoms with Crippen LogP contribution in [0.3, 0.4) is 0 Å². The second kappa shape index (κ2) is 8.13. The summed E-state index contributed by atoms with van der Waals surface area (Å²) >= 11 is 1.19. The number of halogens is 2. The third-order valence-corrected chi connectivity index (χ3v) is 5.64. The van der Waals surface area contributed by atoms with Gasteiger partial charge in [-0.1, -0.05) is 18.2 Å². The molecule has 0 spiro atoms. The van der Waals surface area contributed by atoms with Gasteiger partial charge in [0.25, 0.3) is 0 Å². The summed E-state index contributed by atoms with van der Waals surface area (Å²) in [5.41, 5.74) is 0.938. The highest BCUT2D eigenvalue weighted by Crippen LogP contribution is 2.23. The Morgan fingerprint density at radius 3 is 2.50 bits per heavy atom. The highest BCUT2D eigenvalue weighted by Gasteiger charge is 2.12. The number of primary sulfonamides is 1. The van der Waals surface area contributed by atoms with Crippen LogP contribution < -0.4 is 10.5 Å². The second-order valence-electron chi connectivity index (χ2n) is 5.96. The number of hydrogen-bond acceptors (Lipinski definition) is 5. The molecule has 3 aromatic rings. The minimum Gasteiger partial charge on any atom is -0.302 e. The first-order chi connectivity index (χ1) is 13.2. The quantitative estimate of drug-likeness (QED) is 0.636. The van der Waals surface area contributed by atoms with Crippen molar-refractivity contribution in [1.82, 2.24) is 4.98 Å². The van der Waals surface area contributed by atoms with Crippen molar-refractivity contribution in [2.45, 2.75) is 17.7 Å². The van der Waals surface area contributed by atoms with Gasteiger partial charge in [0, 0.05) is 23.6 Å². The number of thiazole rings is 1. The van der Waals surface area contributed by atoms with Crippen molar-refractivity contribution in [3.63, 3.8) is 0 Å². The Balaban J connectivity index is 1.60. The molecule has 0 aliphatic rings. The lowest BCUT2D eigenvalue weighted by atomic mass is 10.1. The Morgan fingerprint density at radius 2 is 1.86 bits per heavy atom. The van der Waals surface area contributed by atoms with Gasteiger partial charge in [-0.15, -0.1) is 11.3 Å². The average molecular weight is 423 g/mol. The zero-order chi connectivity index (χ0) is 20.3. The summed E-state index contributed by atoms with van der Waals surface area (Å²) in [5.74, 6) is -1.62. The molecule has 3 N–H and O–H groups in total. The molecular weight excluding hydrogens is 408 g/mol. The van der Waals surface area contributed by atoms with E-state index in [1.807, 2.05) is 0 Å². The van der Waals surface area contributed by atoms with Gasteiger partial charge in [0.1, 0.15) is 11.6 Å². The van der Waals surface area contributed by atoms with Crippen LogP contribution in [0.25, 0.3) is 0 Å². The molecule has 1 amide bonds. The summed E-state index contributed by atoms with van der Waals surface area (Å²) < 4.78 is 49.1. The van der Waals surface area contributed by atoms with E-state index < -0.39 is 21.7 Å². The number of aromatic nitrogens is 1. The molecule has 3 rings (SSSR count). The number of hydrogen-bond donors (Lipinski definition) is 2. The van der Waals surface area contributed by atoms with E-state index >= 15 is 0 Å². The fourth-order valence-electron chi connectivity index (χ4n) is 2.45. The molecule has 0 radical (unpaired) electrons. The van der Waals surface area contributed by atoms with Crippen molar-refractivity contribution in [1.29, 1.82) is 0 Å². The van der Waals surface area contributed by atoms with Gasteiger partial charge in [0.15, 0.2) is 5.13 Å². The number of carbonyl (C=O) groups excluding carboxylic acids is 1. The van der Waals surface area contributed by atoms with Gasteiger partial charge in [-0.05, 0) is 29.3 Å². The van der Waals surface area contributed by atoms with E-state index in [2.05, 4.69) is 10.3 Å². The fourth-order valence-corrected chi connectivity index (χ4v) is 3.81. The average Bonchev–Trinajstić information content (AvgIpc) is 3.04. The number of nitrogens with zero attached hydrogens (tertiary/aromatic N) is 1. The lowest BCUT2D eigenvalue weighted by molar-refractivity contribution is -0.115. The summed E-state index contributed by atoms with van der Waals surface area (Å²) in [7, 11) is -3.78. The van der Waals surface area contributed by atoms with Crippen LogP contribution in [0.2, 0.25) is 0 Å². The number of benzene rings is 2. The number of rotatable bonds is 6. The molecule has 1 heterocycles. The lowest BCUT2D eigenvalue weighted by Gasteiger charge is -2.03. The molecule has 0 aliphatic carbocycles. The van der Waals surface area contributed by atoms with E-state index in [1.54, 1.807) is 0 Å². The van der Waals surface area contributed by atoms with Gasteiger partial charge in [-0.3, -0.25) is 4.79 Å². The van der Waals surface area contributed by atoms with Crippen LogP contribution in [-0.2, 0) is 27.7 Å². The van der Waals surface area contributed by atoms with Gasteiger partial charge in [-0.25, -0.2) is 27.3 Å². The van der Waals surface area contributed by atoms with Crippen molar-refractivity contribution in [2.24, 2.45) is 5.14 Å². The summed E-state index contributed by atoms with van der Waals surface area (Å²) in [6.07, 6.45) is 1.77. The maximum atomic E-state index is 13.7. The second-order valence-corrected chi connectivity index (χ2v) is 8.63. The van der Waals surface area contributed by atoms with Crippen molar-refractivity contribution in [2.75, 3.05) is 5.32 Å². The predicted molar refractivity (Wildman–Crippen MR) is 101 cm³/mol. The number of sulfonamides is 1. The normalized spacial score (nSPS) is 11.4. The largest absolute Gasteiger partial charge is 0.302 e. The first-order valence-corrected chi connectivity index (χ1v) is 10.4. The molecule has 146 valence electrons. The Labute approximate surface area is 164 Å². The van der Waals surface area contributed by atoms with E-state index in [0.717, 1.165) is 6.07 Å². The molecule has 0 atom stereocenters. The van der Waals surface area contributed by atoms with Crippen LogP contribution in [0.1, 0.15) is 16.0 Å². The summed E-state index contributed by atoms with van der Waals surface area (Å²) in [6.45, 7) is 0. The number of amides is 1. The minimum absolute atomic E-state index is 0.0202. The highest BCUT2D eigenvalue weighted by atomic mass is 32.2. The van der Waals surface area contributed by atoms with Crippen LogP contribution in [0.15, 0.2) is 53.6 Å². The molecule has 6 nitrogen and oxygen atoms in total. The van der Waals surface area contributed by atoms with E-state index in [9.17, 15) is 22.0 Å². The third kappa shape index (κ3) is 5.18. The molecule has 0 saturated carbocycles. The first kappa shape index (κ1) is 20.1. The first-order valence-electron chi connectivity index (χ1n) is 8.01. The smallest absolute Gasteiger partial charge is 0.238 e. The topological polar surface area (TPSA) is 102 Å². The van der Waals surface area contributed by atoms with E-state index in [4.69, 9.17) is 5.14 Å². The summed E-state index contributed by atoms with van der Waals surface area (Å²) in [4.78, 5) is 16.9. The summed E-state index contributed by atoms with van der Waals surface area (Å²) in [5, 5.41) is 8.02. The molecule has 2 aromatic carbocycles. The van der Waals surface area contributed by atoms with Crippen LogP contribution in [0.4, 0.5) is 13.9 Å². The molecule has 28 heavy (non-hydrogen) atoms. The van der Waals surface area contributed by atoms with Crippen LogP contribution >= 0.6 is 11.3 Å². The van der Waals surface area contributed by atoms with Crippen molar-refractivity contribution in [3.8, 4) is 0 Å². The monoisotopic (exact) mass is 423 g/mol. The Morgan fingerprint density at radius 1 is 1.14 bits per heavy atom. The predicted octanol–water partition coefficient (Wildman–Crippen LogP) is 2.84. The Hall–Kier alpha value is -2.69. The molecule has 1 aromatic heterocycles. The number of nitrogens with one attached hydrogen (secondary N) is 1. The van der Waals surface area contributed by atoms with Crippen LogP contribution in [0.5, 0.6) is 0 Å². The van der Waals surface area contributed by atoms with E-state index in [0.29, 0.717) is 21.1 Å². The van der Waals surface area contributed by atoms with E-state index in [1.165, 1.54) is 53.9 Å². The third-order valence-electron chi connectivity index (χ3n) is 3.80. The van der Waals surface area contributed by atoms with Crippen LogP contribution in [0, 0.1) is 11.6 Å². The lowest BCUT2D eigenvalue weighted by Crippen LogP contribution is -2.15. The molecule has 0 bridgehead atoms. The standard InChI is InChI=1S/C18H15F2N3O3S2/c19-13-4-3-12(16(20)9-13)8-14-10-22-18(27-14)23-17(24)7-11-1-5-15(6-2-11)28(21,25)26/h1-6,9-10H,7-8H2,(H2,21,25,26)(H,22,23,24). The molecule has 0 unspecified atom stereocenters. The minimum atomic E-state index is -3.78. The Kier molecular flexibility index (Phi) is 5.82. The van der Waals surface area contributed by atoms with Gasteiger partial charge in [0.05, 0.1) is 11.3 Å². The summed E-state index contributed by atoms with van der Waals surface area (Å²) in [6, 6.07) is 9.04. The molecular formula is C18H15F2N3O3S2. The molecule has 0 aliphatic heterocycles. The number of anilines is 1. The van der Waals surface area contributed by atoms with Gasteiger partial charge < -0.3 is 5.32 Å². The van der Waals surface area contributed by atoms with Crippen molar-refractivity contribution < 1.29 is 22.0 Å². The SMILES string of the molecule is NS(=O)(=O)c1ccc(CC(=O)Nc2ncc(Cc3ccc(F)cc3F)s2)cc1. The van der Waals surface area contributed by atoms with Gasteiger partial charge in [0.2, 0.25) is 15.9 Å². The highest BCUT2D eigenvalue weighted by molar-refractivity contribution is 7.89. The van der Waals surface area contributed by atoms with E-state index in [-0.39, 0.29) is 23.6 Å². The zero-order valence-electron chi connectivity index (χ0n) is 14.4. The maximum Gasteiger partial charge on any atom is 0.238 e. The number of nitrogens with two attached hydrogens (primary N) is 1. The van der Waals surface area contributed by atoms with Crippen molar-refractivity contribution >= 4 is 32.4 Å². The fraction of sp³-hybridized carbons (Fsp3) is 0.111. The Bertz CT molecular complexity index is 1110. The zero-order valence-corrected chi connectivity index (χ0v) is 16.0. The number of carbonyl (C=O) groups is 1. The molecule has 0 fully saturated rings. The van der Waals surface area contributed by atoms with Gasteiger partial charge in [-0.2, -0.15) is 0 Å². The molecule has 0 saturated heterocycles. The maximum absolute atomic E-state index is 13.7. The van der Waals surface area contributed by atoms with Crippen molar-refractivity contribution in [3.05, 3.63) is 76.3 Å². The van der Waals surface area contributed by atoms with Crippen LogP contribution in [-0.4, -0.2) is 19.3 Å². The van der Waals surface area contributed by atoms with Gasteiger partial charge >= 0.3 is 0 Å².